The van der Waals surface area contributed by atoms with E-state index in [0.29, 0.717) is 45.9 Å². The summed E-state index contributed by atoms with van der Waals surface area (Å²) in [6, 6.07) is 31.0. The second kappa shape index (κ2) is 14.0. The molecule has 1 aliphatic heterocycles. The molecule has 0 aliphatic carbocycles. The van der Waals surface area contributed by atoms with E-state index in [-0.39, 0.29) is 16.5 Å². The number of hydrogen-bond donors (Lipinski definition) is 1. The summed E-state index contributed by atoms with van der Waals surface area (Å²) >= 11 is 2.73. The molecule has 2 heterocycles. The number of nitrogens with zero attached hydrogens (tertiary/aromatic N) is 3. The molecule has 0 spiro atoms. The highest BCUT2D eigenvalue weighted by Crippen LogP contribution is 2.44. The van der Waals surface area contributed by atoms with Crippen LogP contribution in [0.4, 0.5) is 5.13 Å². The van der Waals surface area contributed by atoms with Crippen LogP contribution in [0.25, 0.3) is 5.76 Å². The number of Topliss-reactive ketones (excluding diaryl/α,β-unsaturated/α-hetero) is 1. The predicted molar refractivity (Wildman–Crippen MR) is 180 cm³/mol. The molecule has 1 N–H and O–H groups in total. The maximum absolute atomic E-state index is 13.7. The fourth-order valence-corrected chi connectivity index (χ4v) is 6.90. The zero-order chi connectivity index (χ0) is 32.0. The molecule has 232 valence electrons. The first-order valence-electron chi connectivity index (χ1n) is 14.7. The van der Waals surface area contributed by atoms with Crippen molar-refractivity contribution in [3.05, 3.63) is 137 Å². The van der Waals surface area contributed by atoms with Crippen molar-refractivity contribution >= 4 is 45.7 Å². The summed E-state index contributed by atoms with van der Waals surface area (Å²) in [5.74, 6) is -0.0304. The molecule has 0 saturated carbocycles. The van der Waals surface area contributed by atoms with E-state index in [1.807, 2.05) is 50.2 Å². The fraction of sp³-hybridized carbons (Fsp3) is 0.167. The number of amides is 1. The number of aliphatic hydroxyl groups is 1. The Morgan fingerprint density at radius 1 is 0.870 bits per heavy atom. The molecule has 5 aromatic rings. The van der Waals surface area contributed by atoms with Crippen molar-refractivity contribution in [3.63, 3.8) is 0 Å². The van der Waals surface area contributed by atoms with Gasteiger partial charge in [-0.15, -0.1) is 10.2 Å². The average molecular weight is 650 g/mol. The minimum atomic E-state index is -0.963. The molecule has 1 unspecified atom stereocenters. The Kier molecular flexibility index (Phi) is 9.46. The molecule has 4 aromatic carbocycles. The number of ether oxygens (including phenoxy) is 2. The maximum Gasteiger partial charge on any atom is 0.301 e. The van der Waals surface area contributed by atoms with Crippen LogP contribution in [0.3, 0.4) is 0 Å². The SMILES string of the molecule is CCOc1ccc(/C(O)=C2\C(=O)C(=O)N(c3nnc(SCc4ccc(C)cc4)s3)C2c2cccc(OCc3ccccc3)c2)cc1. The summed E-state index contributed by atoms with van der Waals surface area (Å²) in [5, 5.41) is 20.5. The lowest BCUT2D eigenvalue weighted by atomic mass is 9.95. The molecule has 1 amide bonds. The molecule has 46 heavy (non-hydrogen) atoms. The molecular weight excluding hydrogens is 619 g/mol. The van der Waals surface area contributed by atoms with Crippen LogP contribution < -0.4 is 14.4 Å². The Bertz CT molecular complexity index is 1870. The smallest absolute Gasteiger partial charge is 0.301 e. The molecule has 6 rings (SSSR count). The number of thioether (sulfide) groups is 1. The van der Waals surface area contributed by atoms with Crippen molar-refractivity contribution < 1.29 is 24.2 Å². The summed E-state index contributed by atoms with van der Waals surface area (Å²) in [6.45, 7) is 4.76. The van der Waals surface area contributed by atoms with Crippen molar-refractivity contribution in [3.8, 4) is 11.5 Å². The fourth-order valence-electron chi connectivity index (χ4n) is 5.08. The highest BCUT2D eigenvalue weighted by molar-refractivity contribution is 8.00. The summed E-state index contributed by atoms with van der Waals surface area (Å²) in [6.07, 6.45) is 0. The summed E-state index contributed by atoms with van der Waals surface area (Å²) in [4.78, 5) is 28.7. The molecule has 1 fully saturated rings. The number of aromatic nitrogens is 2. The monoisotopic (exact) mass is 649 g/mol. The van der Waals surface area contributed by atoms with Gasteiger partial charge in [-0.05, 0) is 66.9 Å². The first-order chi connectivity index (χ1) is 22.4. The number of ketones is 1. The average Bonchev–Trinajstić information content (AvgIpc) is 3.66. The summed E-state index contributed by atoms with van der Waals surface area (Å²) in [7, 11) is 0. The molecule has 1 aliphatic rings. The van der Waals surface area contributed by atoms with Crippen LogP contribution >= 0.6 is 23.1 Å². The molecule has 0 radical (unpaired) electrons. The Balaban J connectivity index is 1.36. The third-order valence-electron chi connectivity index (χ3n) is 7.39. The van der Waals surface area contributed by atoms with E-state index in [0.717, 1.165) is 11.1 Å². The van der Waals surface area contributed by atoms with Crippen LogP contribution in [0.15, 0.2) is 113 Å². The van der Waals surface area contributed by atoms with Crippen LogP contribution in [-0.4, -0.2) is 33.6 Å². The van der Waals surface area contributed by atoms with Crippen molar-refractivity contribution in [1.82, 2.24) is 10.2 Å². The van der Waals surface area contributed by atoms with Gasteiger partial charge in [-0.25, -0.2) is 0 Å². The minimum Gasteiger partial charge on any atom is -0.507 e. The van der Waals surface area contributed by atoms with E-state index in [1.165, 1.54) is 33.6 Å². The number of aryl methyl sites for hydroxylation is 1. The Hall–Kier alpha value is -4.93. The van der Waals surface area contributed by atoms with Gasteiger partial charge in [0.15, 0.2) is 4.34 Å². The second-order valence-corrected chi connectivity index (χ2v) is 12.8. The van der Waals surface area contributed by atoms with Gasteiger partial charge in [0.2, 0.25) is 5.13 Å². The Morgan fingerprint density at radius 3 is 2.37 bits per heavy atom. The molecule has 8 nitrogen and oxygen atoms in total. The van der Waals surface area contributed by atoms with E-state index < -0.39 is 17.7 Å². The van der Waals surface area contributed by atoms with E-state index in [2.05, 4.69) is 34.5 Å². The van der Waals surface area contributed by atoms with E-state index >= 15 is 0 Å². The number of carbonyl (C=O) groups excluding carboxylic acids is 2. The third kappa shape index (κ3) is 6.83. The standard InChI is InChI=1S/C36H31N3O5S2/c1-3-43-28-18-16-26(17-19-28)32(40)30-31(27-10-7-11-29(20-27)44-21-24-8-5-4-6-9-24)39(34(42)33(30)41)35-37-38-36(46-35)45-22-25-14-12-23(2)13-15-25/h4-20,31,40H,3,21-22H2,1-2H3/b32-30+. The third-order valence-corrected chi connectivity index (χ3v) is 9.52. The van der Waals surface area contributed by atoms with E-state index in [4.69, 9.17) is 9.47 Å². The number of benzene rings is 4. The van der Waals surface area contributed by atoms with E-state index in [1.54, 1.807) is 42.5 Å². The van der Waals surface area contributed by atoms with Crippen LogP contribution in [0.1, 0.15) is 40.8 Å². The van der Waals surface area contributed by atoms with Gasteiger partial charge in [0.05, 0.1) is 18.2 Å². The highest BCUT2D eigenvalue weighted by atomic mass is 32.2. The first-order valence-corrected chi connectivity index (χ1v) is 16.5. The van der Waals surface area contributed by atoms with Gasteiger partial charge in [-0.1, -0.05) is 95.4 Å². The van der Waals surface area contributed by atoms with E-state index in [9.17, 15) is 14.7 Å². The molecule has 1 aromatic heterocycles. The lowest BCUT2D eigenvalue weighted by molar-refractivity contribution is -0.132. The lowest BCUT2D eigenvalue weighted by Crippen LogP contribution is -2.29. The largest absolute Gasteiger partial charge is 0.507 e. The van der Waals surface area contributed by atoms with Crippen molar-refractivity contribution in [2.75, 3.05) is 11.5 Å². The normalized spacial score (nSPS) is 15.7. The lowest BCUT2D eigenvalue weighted by Gasteiger charge is -2.23. The predicted octanol–water partition coefficient (Wildman–Crippen LogP) is 7.74. The van der Waals surface area contributed by atoms with Crippen molar-refractivity contribution in [2.45, 2.75) is 36.6 Å². The summed E-state index contributed by atoms with van der Waals surface area (Å²) < 4.78 is 12.3. The second-order valence-electron chi connectivity index (χ2n) is 10.6. The number of aliphatic hydroxyl groups excluding tert-OH is 1. The highest BCUT2D eigenvalue weighted by Gasteiger charge is 2.48. The van der Waals surface area contributed by atoms with Gasteiger partial charge < -0.3 is 14.6 Å². The number of hydrogen-bond acceptors (Lipinski definition) is 9. The van der Waals surface area contributed by atoms with Gasteiger partial charge in [0.1, 0.15) is 23.9 Å². The van der Waals surface area contributed by atoms with Crippen LogP contribution in [0, 0.1) is 6.92 Å². The van der Waals surface area contributed by atoms with Crippen LogP contribution in [0.2, 0.25) is 0 Å². The van der Waals surface area contributed by atoms with Gasteiger partial charge in [-0.3, -0.25) is 14.5 Å². The minimum absolute atomic E-state index is 0.0431. The molecular formula is C36H31N3O5S2. The van der Waals surface area contributed by atoms with Gasteiger partial charge in [-0.2, -0.15) is 0 Å². The van der Waals surface area contributed by atoms with Crippen LogP contribution in [0.5, 0.6) is 11.5 Å². The van der Waals surface area contributed by atoms with Crippen LogP contribution in [-0.2, 0) is 21.9 Å². The number of anilines is 1. The van der Waals surface area contributed by atoms with Crippen molar-refractivity contribution in [2.24, 2.45) is 0 Å². The molecule has 10 heteroatoms. The maximum atomic E-state index is 13.7. The zero-order valence-electron chi connectivity index (χ0n) is 25.3. The van der Waals surface area contributed by atoms with Gasteiger partial charge >= 0.3 is 5.91 Å². The topological polar surface area (TPSA) is 102 Å². The number of carbonyl (C=O) groups is 2. The summed E-state index contributed by atoms with van der Waals surface area (Å²) in [5.41, 5.74) is 4.24. The quantitative estimate of drug-likeness (QED) is 0.0510. The number of rotatable bonds is 11. The zero-order valence-corrected chi connectivity index (χ0v) is 26.9. The van der Waals surface area contributed by atoms with Gasteiger partial charge in [0.25, 0.3) is 5.78 Å². The molecule has 0 bridgehead atoms. The molecule has 1 saturated heterocycles. The Labute approximate surface area is 275 Å². The van der Waals surface area contributed by atoms with Crippen molar-refractivity contribution in [1.29, 1.82) is 0 Å². The molecule has 1 atom stereocenters. The first kappa shape index (κ1) is 31.1. The Morgan fingerprint density at radius 2 is 1.63 bits per heavy atom. The van der Waals surface area contributed by atoms with Gasteiger partial charge in [0, 0.05) is 11.3 Å².